The van der Waals surface area contributed by atoms with E-state index in [-0.39, 0.29) is 24.2 Å². The fraction of sp³-hybridized carbons (Fsp3) is 0.450. The molecule has 7 heteroatoms. The molecular weight excluding hydrogens is 360 g/mol. The van der Waals surface area contributed by atoms with Gasteiger partial charge < -0.3 is 10.2 Å². The first-order valence-corrected chi connectivity index (χ1v) is 10.7. The molecule has 142 valence electrons. The predicted octanol–water partition coefficient (Wildman–Crippen LogP) is 3.71. The van der Waals surface area contributed by atoms with Crippen LogP contribution in [0.2, 0.25) is 0 Å². The Morgan fingerprint density at radius 2 is 1.93 bits per heavy atom. The van der Waals surface area contributed by atoms with Gasteiger partial charge in [-0.2, -0.15) is 5.10 Å². The largest absolute Gasteiger partial charge is 0.312 e. The highest BCUT2D eigenvalue weighted by Crippen LogP contribution is 2.32. The monoisotopic (exact) mass is 384 g/mol. The number of hydrogen-bond donors (Lipinski definition) is 1. The zero-order valence-electron chi connectivity index (χ0n) is 15.4. The highest BCUT2D eigenvalue weighted by molar-refractivity contribution is 7.98. The molecule has 1 saturated carbocycles. The van der Waals surface area contributed by atoms with E-state index in [1.807, 2.05) is 41.3 Å². The van der Waals surface area contributed by atoms with Gasteiger partial charge in [-0.1, -0.05) is 12.8 Å². The van der Waals surface area contributed by atoms with Gasteiger partial charge in [0, 0.05) is 29.6 Å². The van der Waals surface area contributed by atoms with Gasteiger partial charge in [0.25, 0.3) is 0 Å². The summed E-state index contributed by atoms with van der Waals surface area (Å²) in [5.74, 6) is 0.287. The van der Waals surface area contributed by atoms with E-state index in [4.69, 9.17) is 0 Å². The Hall–Kier alpha value is -2.28. The third-order valence-corrected chi connectivity index (χ3v) is 6.22. The minimum Gasteiger partial charge on any atom is -0.312 e. The smallest absolute Gasteiger partial charge is 0.230 e. The summed E-state index contributed by atoms with van der Waals surface area (Å²) in [4.78, 5) is 28.1. The molecule has 1 N–H and O–H groups in total. The average Bonchev–Trinajstić information content (AvgIpc) is 3.42. The molecule has 2 aliphatic rings. The lowest BCUT2D eigenvalue weighted by Crippen LogP contribution is -2.29. The van der Waals surface area contributed by atoms with Gasteiger partial charge in [-0.25, -0.2) is 4.68 Å². The van der Waals surface area contributed by atoms with Crippen LogP contribution in [0.4, 0.5) is 11.5 Å². The second-order valence-electron chi connectivity index (χ2n) is 7.19. The minimum atomic E-state index is -0.343. The van der Waals surface area contributed by atoms with Gasteiger partial charge in [-0.15, -0.1) is 11.8 Å². The van der Waals surface area contributed by atoms with Gasteiger partial charge in [-0.3, -0.25) is 9.59 Å². The molecule has 0 spiro atoms. The van der Waals surface area contributed by atoms with Crippen molar-refractivity contribution in [1.29, 1.82) is 0 Å². The number of anilines is 2. The predicted molar refractivity (Wildman–Crippen MR) is 107 cm³/mol. The standard InChI is InChI=1S/C20H24N4O2S/c1-27-17-8-6-15(7-9-17)23-13-14(12-19(23)25)20(26)22-18-10-11-21-24(18)16-4-2-3-5-16/h6-11,14,16H,2-5,12-13H2,1H3,(H,22,26). The van der Waals surface area contributed by atoms with Crippen molar-refractivity contribution in [2.24, 2.45) is 5.92 Å². The molecule has 1 aliphatic carbocycles. The number of carbonyl (C=O) groups excluding carboxylic acids is 2. The maximum atomic E-state index is 12.8. The molecule has 1 aromatic heterocycles. The van der Waals surface area contributed by atoms with E-state index in [0.29, 0.717) is 12.6 Å². The van der Waals surface area contributed by atoms with Crippen LogP contribution < -0.4 is 10.2 Å². The van der Waals surface area contributed by atoms with Crippen LogP contribution in [0, 0.1) is 5.92 Å². The topological polar surface area (TPSA) is 67.2 Å². The average molecular weight is 385 g/mol. The third-order valence-electron chi connectivity index (χ3n) is 5.47. The Kier molecular flexibility index (Phi) is 5.20. The van der Waals surface area contributed by atoms with Crippen molar-refractivity contribution in [1.82, 2.24) is 9.78 Å². The highest BCUT2D eigenvalue weighted by atomic mass is 32.2. The van der Waals surface area contributed by atoms with Gasteiger partial charge in [0.2, 0.25) is 11.8 Å². The zero-order valence-corrected chi connectivity index (χ0v) is 16.2. The molecule has 1 aliphatic heterocycles. The molecule has 0 bridgehead atoms. The Bertz CT molecular complexity index is 827. The van der Waals surface area contributed by atoms with E-state index < -0.39 is 0 Å². The summed E-state index contributed by atoms with van der Waals surface area (Å²) in [7, 11) is 0. The van der Waals surface area contributed by atoms with Crippen LogP contribution in [0.15, 0.2) is 41.4 Å². The number of carbonyl (C=O) groups is 2. The summed E-state index contributed by atoms with van der Waals surface area (Å²) in [5.41, 5.74) is 0.851. The summed E-state index contributed by atoms with van der Waals surface area (Å²) in [6.45, 7) is 0.418. The summed E-state index contributed by atoms with van der Waals surface area (Å²) in [6.07, 6.45) is 8.62. The van der Waals surface area contributed by atoms with E-state index in [0.717, 1.165) is 29.2 Å². The van der Waals surface area contributed by atoms with Gasteiger partial charge in [0.1, 0.15) is 5.82 Å². The fourth-order valence-corrected chi connectivity index (χ4v) is 4.38. The molecule has 1 saturated heterocycles. The third kappa shape index (κ3) is 3.74. The Morgan fingerprint density at radius 1 is 1.19 bits per heavy atom. The Morgan fingerprint density at radius 3 is 2.63 bits per heavy atom. The highest BCUT2D eigenvalue weighted by Gasteiger charge is 2.35. The van der Waals surface area contributed by atoms with Crippen molar-refractivity contribution >= 4 is 35.1 Å². The van der Waals surface area contributed by atoms with Crippen LogP contribution in [-0.2, 0) is 9.59 Å². The molecule has 4 rings (SSSR count). The number of hydrogen-bond acceptors (Lipinski definition) is 4. The lowest BCUT2D eigenvalue weighted by atomic mass is 10.1. The summed E-state index contributed by atoms with van der Waals surface area (Å²) in [5, 5.41) is 7.39. The number of nitrogens with one attached hydrogen (secondary N) is 1. The minimum absolute atomic E-state index is 0.00338. The molecule has 6 nitrogen and oxygen atoms in total. The molecular formula is C20H24N4O2S. The summed E-state index contributed by atoms with van der Waals surface area (Å²) >= 11 is 1.66. The van der Waals surface area contributed by atoms with Crippen LogP contribution in [-0.4, -0.2) is 34.4 Å². The molecule has 2 amide bonds. The number of benzene rings is 1. The fourth-order valence-electron chi connectivity index (χ4n) is 3.98. The first-order chi connectivity index (χ1) is 13.2. The second-order valence-corrected chi connectivity index (χ2v) is 8.07. The number of rotatable bonds is 5. The first-order valence-electron chi connectivity index (χ1n) is 9.44. The van der Waals surface area contributed by atoms with Crippen LogP contribution >= 0.6 is 11.8 Å². The van der Waals surface area contributed by atoms with E-state index >= 15 is 0 Å². The maximum Gasteiger partial charge on any atom is 0.230 e. The number of thioether (sulfide) groups is 1. The van der Waals surface area contributed by atoms with Gasteiger partial charge in [-0.05, 0) is 43.4 Å². The molecule has 2 aromatic rings. The van der Waals surface area contributed by atoms with E-state index in [9.17, 15) is 9.59 Å². The molecule has 1 unspecified atom stereocenters. The molecule has 27 heavy (non-hydrogen) atoms. The zero-order chi connectivity index (χ0) is 18.8. The van der Waals surface area contributed by atoms with Crippen molar-refractivity contribution in [2.45, 2.75) is 43.0 Å². The van der Waals surface area contributed by atoms with Gasteiger partial charge >= 0.3 is 0 Å². The van der Waals surface area contributed by atoms with E-state index in [2.05, 4.69) is 10.4 Å². The van der Waals surface area contributed by atoms with Crippen molar-refractivity contribution in [3.05, 3.63) is 36.5 Å². The van der Waals surface area contributed by atoms with Crippen LogP contribution in [0.3, 0.4) is 0 Å². The Labute approximate surface area is 163 Å². The number of aromatic nitrogens is 2. The Balaban J connectivity index is 1.43. The van der Waals surface area contributed by atoms with Crippen LogP contribution in [0.25, 0.3) is 0 Å². The van der Waals surface area contributed by atoms with E-state index in [1.54, 1.807) is 22.9 Å². The van der Waals surface area contributed by atoms with Gasteiger partial charge in [0.05, 0.1) is 18.2 Å². The SMILES string of the molecule is CSc1ccc(N2CC(C(=O)Nc3ccnn3C3CCCC3)CC2=O)cc1. The first kappa shape index (κ1) is 18.1. The molecule has 2 heterocycles. The molecule has 1 aromatic carbocycles. The number of amides is 2. The summed E-state index contributed by atoms with van der Waals surface area (Å²) < 4.78 is 1.93. The summed E-state index contributed by atoms with van der Waals surface area (Å²) in [6, 6.07) is 10.1. The normalized spacial score (nSPS) is 20.4. The van der Waals surface area contributed by atoms with Crippen molar-refractivity contribution in [3.63, 3.8) is 0 Å². The molecule has 2 fully saturated rings. The molecule has 0 radical (unpaired) electrons. The lowest BCUT2D eigenvalue weighted by Gasteiger charge is -2.18. The quantitative estimate of drug-likeness (QED) is 0.798. The lowest BCUT2D eigenvalue weighted by molar-refractivity contribution is -0.122. The van der Waals surface area contributed by atoms with Crippen LogP contribution in [0.5, 0.6) is 0 Å². The van der Waals surface area contributed by atoms with Crippen molar-refractivity contribution < 1.29 is 9.59 Å². The van der Waals surface area contributed by atoms with Crippen LogP contribution in [0.1, 0.15) is 38.1 Å². The van der Waals surface area contributed by atoms with Crippen molar-refractivity contribution in [2.75, 3.05) is 23.0 Å². The number of nitrogens with zero attached hydrogens (tertiary/aromatic N) is 3. The second kappa shape index (κ2) is 7.76. The van der Waals surface area contributed by atoms with Crippen molar-refractivity contribution in [3.8, 4) is 0 Å². The van der Waals surface area contributed by atoms with Gasteiger partial charge in [0.15, 0.2) is 0 Å². The maximum absolute atomic E-state index is 12.8. The van der Waals surface area contributed by atoms with E-state index in [1.165, 1.54) is 12.8 Å². The molecule has 1 atom stereocenters.